The summed E-state index contributed by atoms with van der Waals surface area (Å²) in [5.41, 5.74) is 6.20. The molecule has 0 atom stereocenters. The van der Waals surface area contributed by atoms with E-state index in [0.717, 1.165) is 31.4 Å². The van der Waals surface area contributed by atoms with Crippen LogP contribution in [-0.2, 0) is 4.79 Å². The quantitative estimate of drug-likeness (QED) is 0.584. The largest absolute Gasteiger partial charge is 0.370 e. The maximum Gasteiger partial charge on any atom is 0.219 e. The van der Waals surface area contributed by atoms with Crippen LogP contribution in [0.25, 0.3) is 0 Å². The van der Waals surface area contributed by atoms with Crippen LogP contribution in [-0.4, -0.2) is 23.5 Å². The van der Waals surface area contributed by atoms with Gasteiger partial charge in [0, 0.05) is 24.1 Å². The molecule has 0 bridgehead atoms. The minimum Gasteiger partial charge on any atom is -0.370 e. The van der Waals surface area contributed by atoms with Gasteiger partial charge in [-0.1, -0.05) is 0 Å². The lowest BCUT2D eigenvalue weighted by Gasteiger charge is -2.24. The Hall–Kier alpha value is -0.570. The molecule has 1 saturated carbocycles. The summed E-state index contributed by atoms with van der Waals surface area (Å²) in [6.07, 6.45) is 4.76. The summed E-state index contributed by atoms with van der Waals surface area (Å²) in [6.45, 7) is 2.57. The highest BCUT2D eigenvalue weighted by Crippen LogP contribution is 2.28. The first kappa shape index (κ1) is 12.5. The molecule has 0 saturated heterocycles. The molecule has 4 heteroatoms. The second-order valence-corrected chi connectivity index (χ2v) is 4.81. The normalized spacial score (nSPS) is 27.7. The minimum atomic E-state index is -0.281. The predicted octanol–water partition coefficient (Wildman–Crippen LogP) is 2.12. The lowest BCUT2D eigenvalue weighted by Crippen LogP contribution is -2.21. The average Bonchev–Trinajstić information content (AvgIpc) is 2.18. The molecule has 0 aromatic rings. The van der Waals surface area contributed by atoms with Gasteiger partial charge in [0.1, 0.15) is 0 Å². The van der Waals surface area contributed by atoms with Gasteiger partial charge in [0.2, 0.25) is 5.91 Å². The lowest BCUT2D eigenvalue weighted by molar-refractivity contribution is -0.117. The van der Waals surface area contributed by atoms with E-state index in [1.54, 1.807) is 0 Å². The Kier molecular flexibility index (Phi) is 5.09. The number of carbonyl (C=O) groups is 1. The van der Waals surface area contributed by atoms with Crippen LogP contribution in [0.5, 0.6) is 0 Å². The van der Waals surface area contributed by atoms with E-state index in [2.05, 4.69) is 4.99 Å². The van der Waals surface area contributed by atoms with E-state index in [1.807, 2.05) is 6.92 Å². The number of nitrogens with zero attached hydrogens (tertiary/aromatic N) is 1. The molecule has 0 spiro atoms. The number of rotatable bonds is 4. The standard InChI is InChI=1S/C11H19ClN2O/c1-8(14-7-6-11(13)15)9-2-4-10(12)5-3-9/h9-10H,2-7H2,1H3,(H2,13,15). The second kappa shape index (κ2) is 6.11. The highest BCUT2D eigenvalue weighted by atomic mass is 35.5. The van der Waals surface area contributed by atoms with E-state index in [4.69, 9.17) is 17.3 Å². The van der Waals surface area contributed by atoms with Crippen molar-refractivity contribution in [2.75, 3.05) is 6.54 Å². The molecule has 1 aliphatic carbocycles. The number of halogens is 1. The number of hydrogen-bond donors (Lipinski definition) is 1. The maximum atomic E-state index is 10.5. The van der Waals surface area contributed by atoms with Gasteiger partial charge in [-0.2, -0.15) is 0 Å². The summed E-state index contributed by atoms with van der Waals surface area (Å²) in [5, 5.41) is 0.347. The van der Waals surface area contributed by atoms with Crippen molar-refractivity contribution in [3.8, 4) is 0 Å². The van der Waals surface area contributed by atoms with E-state index >= 15 is 0 Å². The Bertz CT molecular complexity index is 245. The lowest BCUT2D eigenvalue weighted by atomic mass is 9.86. The first-order valence-corrected chi connectivity index (χ1v) is 5.96. The SMILES string of the molecule is CC(=NCCC(N)=O)C1CCC(Cl)CC1. The van der Waals surface area contributed by atoms with Crippen LogP contribution in [0.2, 0.25) is 0 Å². The highest BCUT2D eigenvalue weighted by Gasteiger charge is 2.21. The van der Waals surface area contributed by atoms with Crippen LogP contribution in [0.15, 0.2) is 4.99 Å². The summed E-state index contributed by atoms with van der Waals surface area (Å²) in [6, 6.07) is 0. The predicted molar refractivity (Wildman–Crippen MR) is 63.4 cm³/mol. The fourth-order valence-corrected chi connectivity index (χ4v) is 2.19. The third-order valence-electron chi connectivity index (χ3n) is 2.97. The summed E-state index contributed by atoms with van der Waals surface area (Å²) in [4.78, 5) is 14.9. The van der Waals surface area contributed by atoms with Crippen molar-refractivity contribution in [1.82, 2.24) is 0 Å². The summed E-state index contributed by atoms with van der Waals surface area (Å²) in [7, 11) is 0. The van der Waals surface area contributed by atoms with E-state index in [1.165, 1.54) is 0 Å². The Balaban J connectivity index is 2.32. The number of amides is 1. The van der Waals surface area contributed by atoms with Gasteiger partial charge in [-0.25, -0.2) is 0 Å². The molecule has 0 radical (unpaired) electrons. The van der Waals surface area contributed by atoms with Gasteiger partial charge in [-0.05, 0) is 38.5 Å². The fourth-order valence-electron chi connectivity index (χ4n) is 1.94. The second-order valence-electron chi connectivity index (χ2n) is 4.19. The molecule has 1 amide bonds. The third-order valence-corrected chi connectivity index (χ3v) is 3.40. The summed E-state index contributed by atoms with van der Waals surface area (Å²) >= 11 is 6.03. The van der Waals surface area contributed by atoms with Gasteiger partial charge in [-0.15, -0.1) is 11.6 Å². The number of aliphatic imine (C=N–C) groups is 1. The number of nitrogens with two attached hydrogens (primary N) is 1. The molecular formula is C11H19ClN2O. The highest BCUT2D eigenvalue weighted by molar-refractivity contribution is 6.20. The molecule has 0 aliphatic heterocycles. The van der Waals surface area contributed by atoms with Gasteiger partial charge in [0.15, 0.2) is 0 Å². The Morgan fingerprint density at radius 2 is 2.00 bits per heavy atom. The van der Waals surface area contributed by atoms with Crippen LogP contribution < -0.4 is 5.73 Å². The van der Waals surface area contributed by atoms with Crippen LogP contribution >= 0.6 is 11.6 Å². The van der Waals surface area contributed by atoms with Crippen molar-refractivity contribution in [3.05, 3.63) is 0 Å². The molecule has 0 aromatic heterocycles. The maximum absolute atomic E-state index is 10.5. The zero-order chi connectivity index (χ0) is 11.3. The van der Waals surface area contributed by atoms with Gasteiger partial charge in [0.25, 0.3) is 0 Å². The monoisotopic (exact) mass is 230 g/mol. The van der Waals surface area contributed by atoms with Gasteiger partial charge in [0.05, 0.1) is 0 Å². The Labute approximate surface area is 96.1 Å². The fraction of sp³-hybridized carbons (Fsp3) is 0.818. The van der Waals surface area contributed by atoms with E-state index < -0.39 is 0 Å². The topological polar surface area (TPSA) is 55.4 Å². The molecule has 2 N–H and O–H groups in total. The molecule has 1 fully saturated rings. The first-order chi connectivity index (χ1) is 7.09. The smallest absolute Gasteiger partial charge is 0.219 e. The first-order valence-electron chi connectivity index (χ1n) is 5.53. The summed E-state index contributed by atoms with van der Waals surface area (Å²) in [5.74, 6) is 0.281. The van der Waals surface area contributed by atoms with E-state index in [9.17, 15) is 4.79 Å². The van der Waals surface area contributed by atoms with Crippen molar-refractivity contribution in [1.29, 1.82) is 0 Å². The zero-order valence-electron chi connectivity index (χ0n) is 9.21. The number of alkyl halides is 1. The van der Waals surface area contributed by atoms with Crippen LogP contribution in [0.1, 0.15) is 39.0 Å². The van der Waals surface area contributed by atoms with Crippen molar-refractivity contribution >= 4 is 23.2 Å². The molecule has 0 aromatic carbocycles. The van der Waals surface area contributed by atoms with Gasteiger partial charge >= 0.3 is 0 Å². The molecule has 0 unspecified atom stereocenters. The summed E-state index contributed by atoms with van der Waals surface area (Å²) < 4.78 is 0. The third kappa shape index (κ3) is 4.65. The molecule has 1 rings (SSSR count). The van der Waals surface area contributed by atoms with Crippen LogP contribution in [0, 0.1) is 5.92 Å². The van der Waals surface area contributed by atoms with E-state index in [0.29, 0.717) is 24.3 Å². The molecule has 15 heavy (non-hydrogen) atoms. The average molecular weight is 231 g/mol. The molecule has 86 valence electrons. The number of primary amides is 1. The van der Waals surface area contributed by atoms with Crippen molar-refractivity contribution in [2.24, 2.45) is 16.6 Å². The van der Waals surface area contributed by atoms with Gasteiger partial charge < -0.3 is 5.73 Å². The van der Waals surface area contributed by atoms with Crippen molar-refractivity contribution < 1.29 is 4.79 Å². The number of carbonyl (C=O) groups excluding carboxylic acids is 1. The Morgan fingerprint density at radius 3 is 2.53 bits per heavy atom. The molecular weight excluding hydrogens is 212 g/mol. The van der Waals surface area contributed by atoms with Crippen LogP contribution in [0.3, 0.4) is 0 Å². The molecule has 3 nitrogen and oxygen atoms in total. The molecule has 0 heterocycles. The van der Waals surface area contributed by atoms with E-state index in [-0.39, 0.29) is 5.91 Å². The zero-order valence-corrected chi connectivity index (χ0v) is 9.96. The number of hydrogen-bond acceptors (Lipinski definition) is 2. The van der Waals surface area contributed by atoms with Crippen LogP contribution in [0.4, 0.5) is 0 Å². The van der Waals surface area contributed by atoms with Crippen molar-refractivity contribution in [2.45, 2.75) is 44.4 Å². The Morgan fingerprint density at radius 1 is 1.40 bits per heavy atom. The minimum absolute atomic E-state index is 0.281. The van der Waals surface area contributed by atoms with Gasteiger partial charge in [-0.3, -0.25) is 9.79 Å². The molecule has 1 aliphatic rings. The van der Waals surface area contributed by atoms with Crippen molar-refractivity contribution in [3.63, 3.8) is 0 Å².